The van der Waals surface area contributed by atoms with Crippen LogP contribution >= 0.6 is 0 Å². The molecule has 0 saturated heterocycles. The predicted octanol–water partition coefficient (Wildman–Crippen LogP) is 3.29. The van der Waals surface area contributed by atoms with E-state index >= 15 is 0 Å². The molecule has 0 saturated carbocycles. The fraction of sp³-hybridized carbons (Fsp3) is 0.300. The van der Waals surface area contributed by atoms with E-state index in [1.54, 1.807) is 0 Å². The summed E-state index contributed by atoms with van der Waals surface area (Å²) in [6.45, 7) is 5.16. The molecule has 0 aliphatic carbocycles. The third-order valence-electron chi connectivity index (χ3n) is 4.12. The van der Waals surface area contributed by atoms with Crippen LogP contribution in [0.5, 0.6) is 0 Å². The number of hydrogen-bond acceptors (Lipinski definition) is 3. The smallest absolute Gasteiger partial charge is 0.216 e. The van der Waals surface area contributed by atoms with Crippen molar-refractivity contribution in [3.63, 3.8) is 0 Å². The van der Waals surface area contributed by atoms with Gasteiger partial charge < -0.3 is 10.3 Å². The largest absolute Gasteiger partial charge is 0.361 e. The maximum absolute atomic E-state index is 12.0. The van der Waals surface area contributed by atoms with Crippen LogP contribution in [0.2, 0.25) is 0 Å². The Hall–Kier alpha value is -2.15. The van der Waals surface area contributed by atoms with Crippen molar-refractivity contribution in [2.45, 2.75) is 38.7 Å². The predicted molar refractivity (Wildman–Crippen MR) is 106 cm³/mol. The molecule has 0 aliphatic heterocycles. The van der Waals surface area contributed by atoms with Gasteiger partial charge in [-0.3, -0.25) is 0 Å². The second-order valence-corrected chi connectivity index (χ2v) is 8.56. The molecule has 1 aromatic heterocycles. The molecule has 0 unspecified atom stereocenters. The van der Waals surface area contributed by atoms with Crippen molar-refractivity contribution in [3.05, 3.63) is 71.4 Å². The second-order valence-electron chi connectivity index (χ2n) is 6.81. The lowest BCUT2D eigenvalue weighted by molar-refractivity contribution is 0.569. The summed E-state index contributed by atoms with van der Waals surface area (Å²) in [4.78, 5) is 3.22. The van der Waals surface area contributed by atoms with Gasteiger partial charge in [-0.2, -0.15) is 0 Å². The molecule has 3 rings (SSSR count). The minimum Gasteiger partial charge on any atom is -0.361 e. The molecule has 0 amide bonds. The van der Waals surface area contributed by atoms with E-state index in [1.807, 2.05) is 44.3 Å². The molecule has 3 aromatic rings. The van der Waals surface area contributed by atoms with E-state index in [0.717, 1.165) is 29.7 Å². The molecule has 138 valence electrons. The van der Waals surface area contributed by atoms with Crippen molar-refractivity contribution < 1.29 is 8.42 Å². The van der Waals surface area contributed by atoms with Crippen LogP contribution in [-0.2, 0) is 28.9 Å². The molecule has 1 heterocycles. The minimum absolute atomic E-state index is 0.00831. The number of sulfonamides is 1. The Labute approximate surface area is 154 Å². The number of aromatic amines is 1. The number of aromatic nitrogens is 1. The van der Waals surface area contributed by atoms with Gasteiger partial charge >= 0.3 is 0 Å². The van der Waals surface area contributed by atoms with Gasteiger partial charge in [-0.25, -0.2) is 13.1 Å². The first-order valence-electron chi connectivity index (χ1n) is 8.76. The van der Waals surface area contributed by atoms with Gasteiger partial charge in [-0.1, -0.05) is 36.4 Å². The lowest BCUT2D eigenvalue weighted by atomic mass is 10.1. The highest BCUT2D eigenvalue weighted by Gasteiger charge is 2.12. The van der Waals surface area contributed by atoms with Crippen molar-refractivity contribution in [1.82, 2.24) is 15.0 Å². The second kappa shape index (κ2) is 8.03. The van der Waals surface area contributed by atoms with Gasteiger partial charge in [0.2, 0.25) is 10.0 Å². The summed E-state index contributed by atoms with van der Waals surface area (Å²) in [6.07, 6.45) is 1.95. The van der Waals surface area contributed by atoms with Gasteiger partial charge in [0.05, 0.1) is 5.75 Å². The van der Waals surface area contributed by atoms with Crippen LogP contribution in [-0.4, -0.2) is 19.4 Å². The van der Waals surface area contributed by atoms with Crippen molar-refractivity contribution in [2.24, 2.45) is 0 Å². The van der Waals surface area contributed by atoms with Gasteiger partial charge in [0.15, 0.2) is 0 Å². The summed E-state index contributed by atoms with van der Waals surface area (Å²) in [5.41, 5.74) is 4.32. The average Bonchev–Trinajstić information content (AvgIpc) is 3.04. The highest BCUT2D eigenvalue weighted by molar-refractivity contribution is 7.88. The molecule has 0 spiro atoms. The maximum Gasteiger partial charge on any atom is 0.216 e. The molecule has 6 heteroatoms. The molecule has 0 radical (unpaired) electrons. The number of nitrogens with one attached hydrogen (secondary N) is 3. The zero-order chi connectivity index (χ0) is 18.6. The van der Waals surface area contributed by atoms with Crippen LogP contribution in [0.4, 0.5) is 0 Å². The zero-order valence-electron chi connectivity index (χ0n) is 15.1. The molecule has 3 N–H and O–H groups in total. The molecule has 0 fully saturated rings. The van der Waals surface area contributed by atoms with E-state index in [9.17, 15) is 8.42 Å². The summed E-state index contributed by atoms with van der Waals surface area (Å²) < 4.78 is 26.6. The Kier molecular flexibility index (Phi) is 5.76. The van der Waals surface area contributed by atoms with Crippen molar-refractivity contribution in [3.8, 4) is 0 Å². The van der Waals surface area contributed by atoms with Gasteiger partial charge in [0, 0.05) is 36.2 Å². The Morgan fingerprint density at radius 3 is 2.42 bits per heavy atom. The summed E-state index contributed by atoms with van der Waals surface area (Å²) in [5, 5.41) is 4.68. The first-order chi connectivity index (χ1) is 12.4. The Morgan fingerprint density at radius 1 is 0.962 bits per heavy atom. The number of fused-ring (bicyclic) bond motifs is 1. The van der Waals surface area contributed by atoms with Crippen molar-refractivity contribution in [2.75, 3.05) is 0 Å². The number of benzene rings is 2. The van der Waals surface area contributed by atoms with E-state index in [-0.39, 0.29) is 11.8 Å². The lowest BCUT2D eigenvalue weighted by Crippen LogP contribution is -2.31. The maximum atomic E-state index is 12.0. The first kappa shape index (κ1) is 18.6. The van der Waals surface area contributed by atoms with E-state index in [2.05, 4.69) is 39.3 Å². The summed E-state index contributed by atoms with van der Waals surface area (Å²) in [5.74, 6) is 0.00831. The normalized spacial score (nSPS) is 12.1. The summed E-state index contributed by atoms with van der Waals surface area (Å²) in [7, 11) is -3.28. The average molecular weight is 372 g/mol. The fourth-order valence-electron chi connectivity index (χ4n) is 3.02. The summed E-state index contributed by atoms with van der Waals surface area (Å²) in [6, 6.07) is 16.0. The molecule has 0 bridgehead atoms. The van der Waals surface area contributed by atoms with E-state index in [4.69, 9.17) is 0 Å². The molecule has 26 heavy (non-hydrogen) atoms. The number of H-pyrrole nitrogens is 1. The van der Waals surface area contributed by atoms with E-state index in [0.29, 0.717) is 0 Å². The van der Waals surface area contributed by atoms with Crippen LogP contribution in [0.15, 0.2) is 54.7 Å². The highest BCUT2D eigenvalue weighted by atomic mass is 32.2. The van der Waals surface area contributed by atoms with Crippen molar-refractivity contribution >= 4 is 20.9 Å². The molecular weight excluding hydrogens is 346 g/mol. The zero-order valence-corrected chi connectivity index (χ0v) is 15.9. The Morgan fingerprint density at radius 2 is 1.69 bits per heavy atom. The van der Waals surface area contributed by atoms with Gasteiger partial charge in [-0.05, 0) is 42.7 Å². The van der Waals surface area contributed by atoms with Gasteiger partial charge in [0.25, 0.3) is 0 Å². The van der Waals surface area contributed by atoms with Crippen LogP contribution in [0.25, 0.3) is 10.9 Å². The molecule has 5 nitrogen and oxygen atoms in total. The number of rotatable bonds is 8. The SMILES string of the molecule is CC(C)NS(=O)(=O)Cc1ccc(CNCc2cccc3[nH]ccc23)cc1. The molecule has 2 aromatic carbocycles. The standard InChI is InChI=1S/C20H25N3O2S/c1-15(2)23-26(24,25)14-17-8-6-16(7-9-17)12-21-13-18-4-3-5-20-19(18)10-11-22-20/h3-11,15,21-23H,12-14H2,1-2H3. The number of hydrogen-bond donors (Lipinski definition) is 3. The third kappa shape index (κ3) is 4.94. The quantitative estimate of drug-likeness (QED) is 0.569. The summed E-state index contributed by atoms with van der Waals surface area (Å²) >= 11 is 0. The lowest BCUT2D eigenvalue weighted by Gasteiger charge is -2.10. The van der Waals surface area contributed by atoms with Crippen molar-refractivity contribution in [1.29, 1.82) is 0 Å². The van der Waals surface area contributed by atoms with Gasteiger partial charge in [-0.15, -0.1) is 0 Å². The van der Waals surface area contributed by atoms with Crippen LogP contribution in [0.1, 0.15) is 30.5 Å². The molecule has 0 atom stereocenters. The van der Waals surface area contributed by atoms with Crippen LogP contribution in [0.3, 0.4) is 0 Å². The Bertz CT molecular complexity index is 960. The highest BCUT2D eigenvalue weighted by Crippen LogP contribution is 2.17. The van der Waals surface area contributed by atoms with E-state index < -0.39 is 10.0 Å². The van der Waals surface area contributed by atoms with Crippen LogP contribution in [0, 0.1) is 0 Å². The van der Waals surface area contributed by atoms with E-state index in [1.165, 1.54) is 10.9 Å². The topological polar surface area (TPSA) is 74.0 Å². The minimum atomic E-state index is -3.28. The van der Waals surface area contributed by atoms with Crippen LogP contribution < -0.4 is 10.0 Å². The third-order valence-corrected chi connectivity index (χ3v) is 5.67. The monoisotopic (exact) mass is 371 g/mol. The van der Waals surface area contributed by atoms with Gasteiger partial charge in [0.1, 0.15) is 0 Å². The first-order valence-corrected chi connectivity index (χ1v) is 10.4. The molecular formula is C20H25N3O2S. The Balaban J connectivity index is 1.55. The molecule has 0 aliphatic rings. The fourth-order valence-corrected chi connectivity index (χ4v) is 4.45.